The zero-order valence-electron chi connectivity index (χ0n) is 88.3. The van der Waals surface area contributed by atoms with Gasteiger partial charge in [0.15, 0.2) is 0 Å². The smallest absolute Gasteiger partial charge is 0.315 e. The summed E-state index contributed by atoms with van der Waals surface area (Å²) in [6.45, 7) is 51.3. The highest BCUT2D eigenvalue weighted by atomic mass is 32.2. The maximum absolute atomic E-state index is 14.4. The van der Waals surface area contributed by atoms with E-state index >= 15 is 0 Å². The van der Waals surface area contributed by atoms with Gasteiger partial charge in [-0.15, -0.1) is 41.6 Å². The summed E-state index contributed by atoms with van der Waals surface area (Å²) in [5, 5.41) is 31.5. The largest absolute Gasteiger partial charge is 0.363 e. The number of thiophene rings is 2. The lowest BCUT2D eigenvalue weighted by Crippen LogP contribution is -2.62. The van der Waals surface area contributed by atoms with Crippen LogP contribution in [0.5, 0.6) is 0 Å². The van der Waals surface area contributed by atoms with Crippen molar-refractivity contribution in [2.45, 2.75) is 319 Å². The number of Topliss-reactive ketones (excluding diaryl/α,β-unsaturated/α-hetero) is 3. The van der Waals surface area contributed by atoms with E-state index in [1.54, 1.807) is 43.7 Å². The van der Waals surface area contributed by atoms with Crippen molar-refractivity contribution in [3.8, 4) is 12.3 Å². The molecule has 0 radical (unpaired) electrons. The minimum absolute atomic E-state index is 0.0173. The summed E-state index contributed by atoms with van der Waals surface area (Å²) >= 11 is 2.76. The van der Waals surface area contributed by atoms with Crippen molar-refractivity contribution in [2.24, 2.45) is 108 Å². The van der Waals surface area contributed by atoms with Gasteiger partial charge in [-0.25, -0.2) is 35.9 Å². The van der Waals surface area contributed by atoms with Gasteiger partial charge in [0.2, 0.25) is 72.8 Å². The Hall–Kier alpha value is -9.56. The van der Waals surface area contributed by atoms with E-state index in [0.717, 1.165) is 41.9 Å². The van der Waals surface area contributed by atoms with E-state index in [0.29, 0.717) is 35.7 Å². The molecule has 2 aromatic heterocycles. The van der Waals surface area contributed by atoms with E-state index in [1.165, 1.54) is 56.4 Å². The Morgan fingerprint density at radius 3 is 1.06 bits per heavy atom. The zero-order chi connectivity index (χ0) is 109. The summed E-state index contributed by atoms with van der Waals surface area (Å²) < 4.78 is 84.0. The molecule has 2 aromatic rings. The summed E-state index contributed by atoms with van der Waals surface area (Å²) in [6, 6.07) is -9.66. The maximum atomic E-state index is 14.4. The van der Waals surface area contributed by atoms with E-state index in [9.17, 15) is 97.2 Å². The fourth-order valence-corrected chi connectivity index (χ4v) is 28.5. The minimum Gasteiger partial charge on any atom is -0.363 e. The lowest BCUT2D eigenvalue weighted by atomic mass is 9.80. The Morgan fingerprint density at radius 2 is 0.793 bits per heavy atom. The van der Waals surface area contributed by atoms with E-state index in [2.05, 4.69) is 70.4 Å². The van der Waals surface area contributed by atoms with E-state index in [1.807, 2.05) is 145 Å². The van der Waals surface area contributed by atoms with Gasteiger partial charge in [0.25, 0.3) is 27.9 Å². The second-order valence-electron chi connectivity index (χ2n) is 49.4. The van der Waals surface area contributed by atoms with Gasteiger partial charge in [0.05, 0.1) is 27.9 Å². The van der Waals surface area contributed by atoms with Crippen molar-refractivity contribution in [2.75, 3.05) is 58.9 Å². The molecule has 806 valence electrons. The molecule has 0 aromatic carbocycles. The highest BCUT2D eigenvalue weighted by Gasteiger charge is 2.73. The summed E-state index contributed by atoms with van der Waals surface area (Å²) in [5.41, 5.74) is 6.06. The zero-order valence-corrected chi connectivity index (χ0v) is 92.4. The van der Waals surface area contributed by atoms with Crippen molar-refractivity contribution in [1.82, 2.24) is 85.5 Å². The highest BCUT2D eigenvalue weighted by Crippen LogP contribution is 2.67. The van der Waals surface area contributed by atoms with Crippen LogP contribution in [-0.4, -0.2) is 273 Å². The van der Waals surface area contributed by atoms with Crippen LogP contribution in [0.3, 0.4) is 0 Å². The number of carbonyl (C=O) groups is 15. The van der Waals surface area contributed by atoms with Gasteiger partial charge in [-0.3, -0.25) is 57.5 Å². The first kappa shape index (κ1) is 116. The average Bonchev–Trinajstić information content (AvgIpc) is 1.53. The Labute approximate surface area is 862 Å². The van der Waals surface area contributed by atoms with Crippen molar-refractivity contribution >= 4 is 142 Å². The van der Waals surface area contributed by atoms with E-state index in [4.69, 9.17) is 17.9 Å². The molecular weight excluding hydrogens is 1960 g/mol. The molecule has 9 fully saturated rings. The minimum atomic E-state index is -3.69. The quantitative estimate of drug-likeness (QED) is 0.0236. The fraction of sp³-hybridized carbons (Fsp3) is 0.730. The van der Waals surface area contributed by atoms with Crippen LogP contribution in [0.25, 0.3) is 0 Å². The van der Waals surface area contributed by atoms with Gasteiger partial charge < -0.3 is 79.3 Å². The number of piperidine rings is 3. The van der Waals surface area contributed by atoms with Gasteiger partial charge in [0.1, 0.15) is 36.3 Å². The average molecular weight is 2120 g/mol. The second-order valence-corrected chi connectivity index (χ2v) is 57.0. The fourth-order valence-electron chi connectivity index (χ4n) is 21.5. The topological polar surface area (TPSA) is 562 Å². The number of hydrogen-bond acceptors (Lipinski definition) is 23. The number of nitrogens with one attached hydrogen (secondary N) is 11. The van der Waals surface area contributed by atoms with Crippen LogP contribution in [0, 0.1) is 108 Å². The highest BCUT2D eigenvalue weighted by molar-refractivity contribution is 7.90. The van der Waals surface area contributed by atoms with Gasteiger partial charge in [-0.1, -0.05) is 204 Å². The number of rotatable bonds is 35. The Kier molecular flexibility index (Phi) is 34.2. The van der Waals surface area contributed by atoms with Gasteiger partial charge in [0, 0.05) is 106 Å². The Balaban J connectivity index is 0.000000207. The van der Waals surface area contributed by atoms with Crippen molar-refractivity contribution < 1.29 is 97.2 Å². The molecule has 40 nitrogen and oxygen atoms in total. The van der Waals surface area contributed by atoms with Crippen LogP contribution >= 0.6 is 22.7 Å². The Bertz CT molecular complexity index is 5760. The number of sulfonamides is 2. The number of nitrogens with two attached hydrogens (primary N) is 2. The molecule has 3 unspecified atom stereocenters. The van der Waals surface area contributed by atoms with Crippen LogP contribution < -0.4 is 69.4 Å². The molecule has 145 heavy (non-hydrogen) atoms. The first-order valence-corrected chi connectivity index (χ1v) is 56.2. The molecule has 11 aliphatic rings. The third kappa shape index (κ3) is 25.8. The Morgan fingerprint density at radius 1 is 0.469 bits per heavy atom. The molecule has 8 heterocycles. The first-order valence-electron chi connectivity index (χ1n) is 50.1. The molecule has 13 rings (SSSR count). The molecule has 0 bridgehead atoms. The normalized spacial score (nSPS) is 25.6. The third-order valence-electron chi connectivity index (χ3n) is 31.6. The lowest BCUT2D eigenvalue weighted by molar-refractivity contribution is -0.145. The second kappa shape index (κ2) is 42.8. The van der Waals surface area contributed by atoms with Crippen molar-refractivity contribution in [1.29, 1.82) is 0 Å². The number of urea groups is 3. The maximum Gasteiger partial charge on any atom is 0.315 e. The van der Waals surface area contributed by atoms with Crippen LogP contribution in [-0.2, 0) is 101 Å². The number of amides is 15. The molecule has 15 amide bonds. The number of carbonyl (C=O) groups excluding carboxylic acids is 15. The monoisotopic (exact) mass is 2120 g/mol. The van der Waals surface area contributed by atoms with Crippen molar-refractivity contribution in [3.63, 3.8) is 0 Å². The van der Waals surface area contributed by atoms with Crippen LogP contribution in [0.4, 0.5) is 14.4 Å². The predicted octanol–water partition coefficient (Wildman–Crippen LogP) is 5.31. The predicted molar refractivity (Wildman–Crippen MR) is 545 cm³/mol. The first-order chi connectivity index (χ1) is 66.7. The summed E-state index contributed by atoms with van der Waals surface area (Å²) in [5.74, 6) is -6.07. The van der Waals surface area contributed by atoms with E-state index < -0.39 is 224 Å². The molecular formula is C100H155N19O21S5. The molecule has 4 saturated heterocycles. The number of fused-ring (bicyclic) bond motifs is 5. The molecule has 5 aliphatic carbocycles. The van der Waals surface area contributed by atoms with Crippen LogP contribution in [0.15, 0.2) is 45.3 Å². The third-order valence-corrected chi connectivity index (χ3v) is 39.0. The number of ketones is 3. The van der Waals surface area contributed by atoms with Gasteiger partial charge >= 0.3 is 18.1 Å². The van der Waals surface area contributed by atoms with Crippen molar-refractivity contribution in [3.05, 3.63) is 45.3 Å². The van der Waals surface area contributed by atoms with Gasteiger partial charge in [-0.05, 0) is 138 Å². The summed E-state index contributed by atoms with van der Waals surface area (Å²) in [6.07, 6.45) is 12.3. The number of hydrogen-bond donors (Lipinski definition) is 13. The standard InChI is InChI=1S/C34H52N6O7S2.C33H53N7O7S.C33H50N6O7S2/c1-32(2,3)23(17-39-16-21-22(12-13-48-21)49(39,46)47)37-31(45)38-27(33(4,5)6)30(44)40-15-19-24(34(19,7)8)25(40)29(43)36-20(26(41)28(35)42)14-18-10-9-11-18;1-11-13-14-21(25(41)28(43)34-15-12-2)36-27(42)24-23-20(33(23,9)10)18-40(24)29(44)26(32(6,7)8)38-30(45)37-22(31(3,4)5)19-39-17-16-35-48(39,46)47;1-31(2,3)22(16-38-15-20-21(11-12-47-20)48(38,45)46)36-30(44)37-26(32(4,5)6)29(43)39-14-18-23(33(18,7)8)24(39)28(42)35-19(13-17-9-10-17)25(40)27(34)41/h12-13,18-20,23-25,27H,9-11,14-17H2,1-8H3,(H2,35,42)(H,36,43)(H2,37,38,45);1,12,20-24,26,35H,2,13-19H2,3-10H3,(H,34,43)(H,36,42)(H2,37,38,45);11-12,17-19,22-24,26H,9-10,13-16H2,1-8H3,(H2,34,41)(H,35,42)(H2,36,37,44)/t19-,20?,23+,24-,25-,27+;20-,21?,22+,23-,24-,26+;18-,19?,22+,23-,24-,26+/m000/s1. The molecule has 6 aliphatic heterocycles. The van der Waals surface area contributed by atoms with Crippen LogP contribution in [0.2, 0.25) is 0 Å². The van der Waals surface area contributed by atoms with Gasteiger partial charge in [-0.2, -0.15) is 21.3 Å². The summed E-state index contributed by atoms with van der Waals surface area (Å²) in [4.78, 5) is 207. The molecule has 18 atom stereocenters. The lowest BCUT2D eigenvalue weighted by Gasteiger charge is -2.39. The number of nitrogens with zero attached hydrogens (tertiary/aromatic N) is 6. The summed E-state index contributed by atoms with van der Waals surface area (Å²) in [7, 11) is -11.0. The molecule has 45 heteroatoms. The molecule has 15 N–H and O–H groups in total. The number of primary amides is 2. The SMILES string of the molecule is C#CCCC(NC(=O)[C@@H]1[C@@H]2[C@H](CN1C(=O)[C@@H](NC(=O)N[C@H](CN1CCNS1(=O)=O)C(C)(C)C)C(C)(C)C)C2(C)C)C(=O)C(=O)NCC=C.CC(C)(C)[C@H](NC(=O)N[C@H](CN1Cc2sccc2S1(=O)=O)C(C)(C)C)C(=O)N1C[C@H]2[C@@H]([C@H]1C(=O)NC(CC1CC1)C(=O)C(N)=O)C2(C)C.CC(C)(C)[C@H](NC(=O)N[C@H](CN1Cc2sccc2S1(=O)=O)C(C)(C)C)C(=O)N1C[C@H]2[C@@H]([C@H]1C(=O)NC(CC1CCC1)C(=O)C(N)=O)C2(C)C. The van der Waals surface area contributed by atoms with Crippen LogP contribution in [0.1, 0.15) is 234 Å². The van der Waals surface area contributed by atoms with E-state index in [-0.39, 0.29) is 135 Å². The molecule has 0 spiro atoms. The number of likely N-dealkylation sites (tertiary alicyclic amines) is 3. The molecule has 5 saturated carbocycles. The number of terminal acetylenes is 1.